The van der Waals surface area contributed by atoms with E-state index in [4.69, 9.17) is 16.3 Å². The zero-order valence-corrected chi connectivity index (χ0v) is 19.8. The van der Waals surface area contributed by atoms with E-state index in [2.05, 4.69) is 34.5 Å². The first-order valence-corrected chi connectivity index (χ1v) is 11.5. The Balaban J connectivity index is 1.95. The number of benzene rings is 2. The Labute approximate surface area is 193 Å². The lowest BCUT2D eigenvalue weighted by Gasteiger charge is -2.17. The van der Waals surface area contributed by atoms with Crippen LogP contribution < -0.4 is 9.64 Å². The van der Waals surface area contributed by atoms with Gasteiger partial charge in [0.2, 0.25) is 0 Å². The molecule has 0 radical (unpaired) electrons. The maximum atomic E-state index is 13.2. The Morgan fingerprint density at radius 3 is 2.76 bits per heavy atom. The first-order valence-electron chi connectivity index (χ1n) is 9.10. The SMILES string of the molecule is CCC/N=C1\S/C(=C/c2ccc(O/C=C\I)c(Cl)c2)C(=O)N1c1ccccc1C. The number of hydrogen-bond donors (Lipinski definition) is 0. The van der Waals surface area contributed by atoms with Crippen LogP contribution in [0.25, 0.3) is 6.08 Å². The second-order valence-electron chi connectivity index (χ2n) is 6.27. The summed E-state index contributed by atoms with van der Waals surface area (Å²) in [6.45, 7) is 4.74. The molecular formula is C22H20ClIN2O2S. The predicted molar refractivity (Wildman–Crippen MR) is 132 cm³/mol. The minimum atomic E-state index is -0.0801. The molecule has 3 rings (SSSR count). The number of anilines is 1. The van der Waals surface area contributed by atoms with E-state index in [1.165, 1.54) is 11.8 Å². The van der Waals surface area contributed by atoms with Gasteiger partial charge in [-0.3, -0.25) is 14.7 Å². The first kappa shape index (κ1) is 21.9. The zero-order chi connectivity index (χ0) is 20.8. The highest BCUT2D eigenvalue weighted by molar-refractivity contribution is 14.1. The molecule has 2 aromatic carbocycles. The fraction of sp³-hybridized carbons (Fsp3) is 0.182. The van der Waals surface area contributed by atoms with E-state index in [9.17, 15) is 4.79 Å². The number of nitrogens with zero attached hydrogens (tertiary/aromatic N) is 2. The molecule has 150 valence electrons. The van der Waals surface area contributed by atoms with Crippen molar-refractivity contribution < 1.29 is 9.53 Å². The molecule has 0 aliphatic carbocycles. The average molecular weight is 539 g/mol. The summed E-state index contributed by atoms with van der Waals surface area (Å²) in [6.07, 6.45) is 4.32. The average Bonchev–Trinajstić information content (AvgIpc) is 3.01. The second kappa shape index (κ2) is 10.3. The smallest absolute Gasteiger partial charge is 0.271 e. The number of hydrogen-bond acceptors (Lipinski definition) is 4. The van der Waals surface area contributed by atoms with Gasteiger partial charge in [-0.2, -0.15) is 0 Å². The summed E-state index contributed by atoms with van der Waals surface area (Å²) in [5.74, 6) is 0.488. The number of carbonyl (C=O) groups is 1. The van der Waals surface area contributed by atoms with Crippen molar-refractivity contribution in [3.05, 3.63) is 73.9 Å². The zero-order valence-electron chi connectivity index (χ0n) is 16.1. The van der Waals surface area contributed by atoms with Crippen LogP contribution in [0.1, 0.15) is 24.5 Å². The molecule has 1 aliphatic rings. The molecule has 0 bridgehead atoms. The highest BCUT2D eigenvalue weighted by Gasteiger charge is 2.35. The Kier molecular flexibility index (Phi) is 7.80. The van der Waals surface area contributed by atoms with Crippen LogP contribution in [-0.4, -0.2) is 17.6 Å². The van der Waals surface area contributed by atoms with Crippen molar-refractivity contribution in [2.75, 3.05) is 11.4 Å². The maximum absolute atomic E-state index is 13.2. The monoisotopic (exact) mass is 538 g/mol. The molecule has 7 heteroatoms. The van der Waals surface area contributed by atoms with Crippen LogP contribution in [0.2, 0.25) is 5.02 Å². The van der Waals surface area contributed by atoms with Gasteiger partial charge in [0.05, 0.1) is 21.9 Å². The van der Waals surface area contributed by atoms with E-state index in [0.717, 1.165) is 23.2 Å². The van der Waals surface area contributed by atoms with Crippen molar-refractivity contribution in [3.8, 4) is 5.75 Å². The molecule has 0 aromatic heterocycles. The number of aliphatic imine (C=N–C) groups is 1. The van der Waals surface area contributed by atoms with Gasteiger partial charge < -0.3 is 4.74 Å². The summed E-state index contributed by atoms with van der Waals surface area (Å²) >= 11 is 9.78. The van der Waals surface area contributed by atoms with Gasteiger partial charge in [0.1, 0.15) is 5.75 Å². The van der Waals surface area contributed by atoms with Gasteiger partial charge in [-0.15, -0.1) is 0 Å². The molecule has 2 aromatic rings. The summed E-state index contributed by atoms with van der Waals surface area (Å²) < 4.78 is 7.20. The molecule has 0 spiro atoms. The largest absolute Gasteiger partial charge is 0.463 e. The van der Waals surface area contributed by atoms with Crippen molar-refractivity contribution in [2.24, 2.45) is 4.99 Å². The molecule has 1 fully saturated rings. The second-order valence-corrected chi connectivity index (χ2v) is 8.41. The Morgan fingerprint density at radius 1 is 1.28 bits per heavy atom. The highest BCUT2D eigenvalue weighted by Crippen LogP contribution is 2.38. The summed E-state index contributed by atoms with van der Waals surface area (Å²) in [7, 11) is 0. The molecule has 4 nitrogen and oxygen atoms in total. The van der Waals surface area contributed by atoms with Crippen molar-refractivity contribution in [3.63, 3.8) is 0 Å². The van der Waals surface area contributed by atoms with Gasteiger partial charge in [-0.1, -0.05) is 42.8 Å². The van der Waals surface area contributed by atoms with E-state index in [0.29, 0.717) is 27.4 Å². The van der Waals surface area contributed by atoms with Crippen molar-refractivity contribution in [2.45, 2.75) is 20.3 Å². The highest BCUT2D eigenvalue weighted by atomic mass is 127. The molecule has 0 atom stereocenters. The fourth-order valence-electron chi connectivity index (χ4n) is 2.77. The van der Waals surface area contributed by atoms with Crippen LogP contribution in [0, 0.1) is 6.92 Å². The minimum absolute atomic E-state index is 0.0801. The lowest BCUT2D eigenvalue weighted by Crippen LogP contribution is -2.29. The van der Waals surface area contributed by atoms with E-state index in [1.54, 1.807) is 27.4 Å². The molecule has 0 unspecified atom stereocenters. The summed E-state index contributed by atoms with van der Waals surface area (Å²) in [6, 6.07) is 13.3. The van der Waals surface area contributed by atoms with E-state index in [-0.39, 0.29) is 5.91 Å². The van der Waals surface area contributed by atoms with Gasteiger partial charge in [-0.25, -0.2) is 0 Å². The molecule has 1 aliphatic heterocycles. The van der Waals surface area contributed by atoms with Gasteiger partial charge in [0.25, 0.3) is 5.91 Å². The number of para-hydroxylation sites is 1. The molecular weight excluding hydrogens is 519 g/mol. The lowest BCUT2D eigenvalue weighted by atomic mass is 10.1. The van der Waals surface area contributed by atoms with Crippen LogP contribution in [0.15, 0.2) is 62.7 Å². The molecule has 0 saturated carbocycles. The minimum Gasteiger partial charge on any atom is -0.463 e. The van der Waals surface area contributed by atoms with Crippen LogP contribution in [0.5, 0.6) is 5.75 Å². The number of amides is 1. The lowest BCUT2D eigenvalue weighted by molar-refractivity contribution is -0.113. The number of thioether (sulfide) groups is 1. The number of aryl methyl sites for hydroxylation is 1. The molecule has 1 saturated heterocycles. The van der Waals surface area contributed by atoms with Crippen molar-refractivity contribution in [1.29, 1.82) is 0 Å². The van der Waals surface area contributed by atoms with Gasteiger partial charge in [0.15, 0.2) is 5.17 Å². The van der Waals surface area contributed by atoms with Crippen LogP contribution >= 0.6 is 46.0 Å². The molecule has 29 heavy (non-hydrogen) atoms. The van der Waals surface area contributed by atoms with Crippen molar-refractivity contribution >= 4 is 68.8 Å². The first-order chi connectivity index (χ1) is 14.0. The Morgan fingerprint density at radius 2 is 2.07 bits per heavy atom. The number of ether oxygens (including phenoxy) is 1. The summed E-state index contributed by atoms with van der Waals surface area (Å²) in [5, 5.41) is 1.19. The van der Waals surface area contributed by atoms with Crippen LogP contribution in [0.4, 0.5) is 5.69 Å². The Bertz CT molecular complexity index is 1000. The third-order valence-corrected chi connectivity index (χ3v) is 5.73. The van der Waals surface area contributed by atoms with Gasteiger partial charge in [0, 0.05) is 10.6 Å². The Hall–Kier alpha value is -1.77. The third kappa shape index (κ3) is 5.24. The van der Waals surface area contributed by atoms with Gasteiger partial charge >= 0.3 is 0 Å². The van der Waals surface area contributed by atoms with Crippen LogP contribution in [-0.2, 0) is 4.79 Å². The van der Waals surface area contributed by atoms with Gasteiger partial charge in [-0.05, 0) is 83.1 Å². The fourth-order valence-corrected chi connectivity index (χ4v) is 4.14. The molecule has 1 amide bonds. The van der Waals surface area contributed by atoms with Crippen LogP contribution in [0.3, 0.4) is 0 Å². The van der Waals surface area contributed by atoms with Crippen molar-refractivity contribution in [1.82, 2.24) is 0 Å². The summed E-state index contributed by atoms with van der Waals surface area (Å²) in [4.78, 5) is 20.2. The molecule has 1 heterocycles. The quantitative estimate of drug-likeness (QED) is 0.230. The van der Waals surface area contributed by atoms with E-state index >= 15 is 0 Å². The normalized spacial score (nSPS) is 17.1. The molecule has 0 N–H and O–H groups in total. The predicted octanol–water partition coefficient (Wildman–Crippen LogP) is 6.82. The topological polar surface area (TPSA) is 41.9 Å². The number of amidine groups is 1. The number of carbonyl (C=O) groups excluding carboxylic acids is 1. The standard InChI is InChI=1S/C22H20ClIN2O2S/c1-3-11-25-22-26(18-7-5-4-6-15(18)2)21(27)20(29-22)14-16-8-9-19(17(23)13-16)28-12-10-24/h4-10,12-14H,3,11H2,1-2H3/b12-10-,20-14+,25-22-. The number of halogens is 2. The maximum Gasteiger partial charge on any atom is 0.271 e. The van der Waals surface area contributed by atoms with E-state index in [1.807, 2.05) is 43.3 Å². The summed E-state index contributed by atoms with van der Waals surface area (Å²) in [5.41, 5.74) is 2.72. The third-order valence-electron chi connectivity index (χ3n) is 4.13. The van der Waals surface area contributed by atoms with E-state index < -0.39 is 0 Å². The number of rotatable bonds is 6.